The fourth-order valence-corrected chi connectivity index (χ4v) is 10.6. The molecule has 2 nitrogen and oxygen atoms in total. The second-order valence-corrected chi connectivity index (χ2v) is 15.6. The number of carbonyl (C=O) groups is 1. The summed E-state index contributed by atoms with van der Waals surface area (Å²) in [5.41, 5.74) is 1.07. The predicted octanol–water partition coefficient (Wildman–Crippen LogP) is 10.8. The molecule has 0 heterocycles. The Balaban J connectivity index is 1.28. The van der Waals surface area contributed by atoms with Crippen LogP contribution in [0.2, 0.25) is 0 Å². The van der Waals surface area contributed by atoms with Gasteiger partial charge in [-0.05, 0) is 116 Å². The molecule has 2 unspecified atom stereocenters. The maximum absolute atomic E-state index is 12.6. The van der Waals surface area contributed by atoms with Gasteiger partial charge in [0.2, 0.25) is 0 Å². The maximum Gasteiger partial charge on any atom is 0.306 e. The van der Waals surface area contributed by atoms with Crippen LogP contribution in [0.4, 0.5) is 0 Å². The van der Waals surface area contributed by atoms with Gasteiger partial charge in [-0.15, -0.1) is 0 Å². The van der Waals surface area contributed by atoms with Crippen LogP contribution in [0, 0.1) is 52.3 Å². The molecular weight excluding hydrogens is 464 g/mol. The Bertz CT molecular complexity index is 744. The molecule has 220 valence electrons. The average Bonchev–Trinajstić information content (AvgIpc) is 3.23. The lowest BCUT2D eigenvalue weighted by Gasteiger charge is -2.61. The molecule has 0 aromatic rings. The van der Waals surface area contributed by atoms with Crippen LogP contribution in [-0.2, 0) is 9.53 Å². The van der Waals surface area contributed by atoms with E-state index in [0.29, 0.717) is 17.3 Å². The highest BCUT2D eigenvalue weighted by Crippen LogP contribution is 2.68. The van der Waals surface area contributed by atoms with E-state index in [9.17, 15) is 4.79 Å². The van der Waals surface area contributed by atoms with Crippen LogP contribution in [0.15, 0.2) is 0 Å². The van der Waals surface area contributed by atoms with Crippen LogP contribution in [0.1, 0.15) is 164 Å². The second kappa shape index (κ2) is 13.4. The topological polar surface area (TPSA) is 26.3 Å². The second-order valence-electron chi connectivity index (χ2n) is 15.6. The number of hydrogen-bond acceptors (Lipinski definition) is 2. The van der Waals surface area contributed by atoms with Gasteiger partial charge < -0.3 is 4.74 Å². The zero-order valence-corrected chi connectivity index (χ0v) is 26.4. The van der Waals surface area contributed by atoms with Gasteiger partial charge in [0, 0.05) is 6.42 Å². The highest BCUT2D eigenvalue weighted by molar-refractivity contribution is 5.69. The fourth-order valence-electron chi connectivity index (χ4n) is 10.6. The average molecular weight is 529 g/mol. The molecule has 0 amide bonds. The Hall–Kier alpha value is -0.530. The summed E-state index contributed by atoms with van der Waals surface area (Å²) in [6, 6.07) is 0. The van der Waals surface area contributed by atoms with Gasteiger partial charge in [0.05, 0.1) is 0 Å². The Morgan fingerprint density at radius 2 is 1.50 bits per heavy atom. The number of unbranched alkanes of at least 4 members (excludes halogenated alkanes) is 5. The van der Waals surface area contributed by atoms with Crippen molar-refractivity contribution in [3.63, 3.8) is 0 Å². The molecule has 4 aliphatic rings. The number of rotatable bonds is 13. The van der Waals surface area contributed by atoms with Crippen LogP contribution in [0.3, 0.4) is 0 Å². The summed E-state index contributed by atoms with van der Waals surface area (Å²) in [4.78, 5) is 12.6. The van der Waals surface area contributed by atoms with Gasteiger partial charge in [0.1, 0.15) is 6.10 Å². The predicted molar refractivity (Wildman–Crippen MR) is 161 cm³/mol. The zero-order chi connectivity index (χ0) is 27.3. The van der Waals surface area contributed by atoms with E-state index >= 15 is 0 Å². The number of carbonyl (C=O) groups excluding carboxylic acids is 1. The smallest absolute Gasteiger partial charge is 0.306 e. The minimum atomic E-state index is 0.0794. The molecule has 4 rings (SSSR count). The lowest BCUT2D eigenvalue weighted by atomic mass is 9.44. The standard InChI is InChI=1S/C36H64O2/c1-7-8-9-10-11-12-16-34(37)38-29-21-23-35(5)28(25-29)17-18-30-32-20-19-31(27(4)15-13-14-26(2)3)36(32,6)24-22-33(30)35/h26-33H,7-25H2,1-6H3/t27-,28?,29?,30+,31-,32+,33+,35+,36-/m1/s1. The third kappa shape index (κ3) is 6.67. The summed E-state index contributed by atoms with van der Waals surface area (Å²) in [5.74, 6) is 6.37. The third-order valence-corrected chi connectivity index (χ3v) is 12.9. The van der Waals surface area contributed by atoms with E-state index in [-0.39, 0.29) is 12.1 Å². The van der Waals surface area contributed by atoms with Crippen molar-refractivity contribution in [1.82, 2.24) is 0 Å². The lowest BCUT2D eigenvalue weighted by molar-refractivity contribution is -0.162. The lowest BCUT2D eigenvalue weighted by Crippen LogP contribution is -2.54. The number of ether oxygens (including phenoxy) is 1. The first kappa shape index (κ1) is 30.4. The Labute approximate surface area is 237 Å². The largest absolute Gasteiger partial charge is 0.462 e. The molecule has 4 aliphatic carbocycles. The molecule has 38 heavy (non-hydrogen) atoms. The van der Waals surface area contributed by atoms with Crippen molar-refractivity contribution in [3.8, 4) is 0 Å². The normalized spacial score (nSPS) is 39.3. The minimum Gasteiger partial charge on any atom is -0.462 e. The van der Waals surface area contributed by atoms with E-state index < -0.39 is 0 Å². The zero-order valence-electron chi connectivity index (χ0n) is 26.4. The molecule has 4 fully saturated rings. The van der Waals surface area contributed by atoms with Gasteiger partial charge in [-0.3, -0.25) is 4.79 Å². The molecule has 0 aliphatic heterocycles. The third-order valence-electron chi connectivity index (χ3n) is 12.9. The minimum absolute atomic E-state index is 0.0794. The van der Waals surface area contributed by atoms with Crippen LogP contribution in [0.5, 0.6) is 0 Å². The molecule has 0 aromatic carbocycles. The summed E-state index contributed by atoms with van der Waals surface area (Å²) in [6.07, 6.45) is 24.7. The maximum atomic E-state index is 12.6. The number of esters is 1. The van der Waals surface area contributed by atoms with E-state index in [1.54, 1.807) is 0 Å². The molecule has 0 N–H and O–H groups in total. The number of hydrogen-bond donors (Lipinski definition) is 0. The van der Waals surface area contributed by atoms with Crippen molar-refractivity contribution in [1.29, 1.82) is 0 Å². The van der Waals surface area contributed by atoms with E-state index in [4.69, 9.17) is 4.74 Å². The first-order valence-corrected chi connectivity index (χ1v) is 17.4. The van der Waals surface area contributed by atoms with E-state index in [0.717, 1.165) is 60.7 Å². The summed E-state index contributed by atoms with van der Waals surface area (Å²) in [5, 5.41) is 0. The molecule has 0 aromatic heterocycles. The summed E-state index contributed by atoms with van der Waals surface area (Å²) >= 11 is 0. The van der Waals surface area contributed by atoms with Gasteiger partial charge in [0.15, 0.2) is 0 Å². The van der Waals surface area contributed by atoms with E-state index in [2.05, 4.69) is 41.5 Å². The van der Waals surface area contributed by atoms with Gasteiger partial charge >= 0.3 is 5.97 Å². The molecule has 2 heteroatoms. The van der Waals surface area contributed by atoms with Gasteiger partial charge in [-0.2, -0.15) is 0 Å². The van der Waals surface area contributed by atoms with Crippen LogP contribution in [-0.4, -0.2) is 12.1 Å². The van der Waals surface area contributed by atoms with Gasteiger partial charge in [-0.25, -0.2) is 0 Å². The van der Waals surface area contributed by atoms with Gasteiger partial charge in [-0.1, -0.05) is 92.9 Å². The first-order chi connectivity index (χ1) is 18.2. The molecule has 0 bridgehead atoms. The highest BCUT2D eigenvalue weighted by Gasteiger charge is 2.60. The van der Waals surface area contributed by atoms with Crippen molar-refractivity contribution in [2.75, 3.05) is 0 Å². The van der Waals surface area contributed by atoms with Crippen LogP contribution in [0.25, 0.3) is 0 Å². The molecule has 4 saturated carbocycles. The highest BCUT2D eigenvalue weighted by atomic mass is 16.5. The Morgan fingerprint density at radius 1 is 0.789 bits per heavy atom. The summed E-state index contributed by atoms with van der Waals surface area (Å²) < 4.78 is 6.08. The quantitative estimate of drug-likeness (QED) is 0.175. The van der Waals surface area contributed by atoms with E-state index in [1.165, 1.54) is 96.3 Å². The molecule has 0 saturated heterocycles. The summed E-state index contributed by atoms with van der Waals surface area (Å²) in [6.45, 7) is 15.0. The first-order valence-electron chi connectivity index (χ1n) is 17.4. The molecule has 0 radical (unpaired) electrons. The van der Waals surface area contributed by atoms with Crippen molar-refractivity contribution >= 4 is 5.97 Å². The van der Waals surface area contributed by atoms with Crippen molar-refractivity contribution in [2.24, 2.45) is 52.3 Å². The van der Waals surface area contributed by atoms with Crippen molar-refractivity contribution in [2.45, 2.75) is 170 Å². The molecule has 0 spiro atoms. The molecule has 9 atom stereocenters. The number of fused-ring (bicyclic) bond motifs is 5. The van der Waals surface area contributed by atoms with Crippen LogP contribution >= 0.6 is 0 Å². The van der Waals surface area contributed by atoms with Crippen LogP contribution < -0.4 is 0 Å². The van der Waals surface area contributed by atoms with E-state index in [1.807, 2.05) is 0 Å². The Morgan fingerprint density at radius 3 is 2.26 bits per heavy atom. The molecular formula is C36H64O2. The van der Waals surface area contributed by atoms with Crippen molar-refractivity contribution in [3.05, 3.63) is 0 Å². The van der Waals surface area contributed by atoms with Gasteiger partial charge in [0.25, 0.3) is 0 Å². The SMILES string of the molecule is CCCCCCCCC(=O)OC1CC[C@@]2(C)C(CC[C@H]3[C@@H]4CC[C@H]([C@H](C)CCCC(C)C)[C@@]4(C)CC[C@@H]32)C1. The Kier molecular flexibility index (Phi) is 10.7. The summed E-state index contributed by atoms with van der Waals surface area (Å²) in [7, 11) is 0. The fraction of sp³-hybridized carbons (Fsp3) is 0.972. The van der Waals surface area contributed by atoms with Crippen molar-refractivity contribution < 1.29 is 9.53 Å². The monoisotopic (exact) mass is 528 g/mol.